The van der Waals surface area contributed by atoms with E-state index in [1.165, 1.54) is 31.1 Å². The molecule has 0 fully saturated rings. The molecule has 0 saturated carbocycles. The quantitative estimate of drug-likeness (QED) is 0.441. The van der Waals surface area contributed by atoms with Crippen molar-refractivity contribution in [3.05, 3.63) is 59.1 Å². The number of carbonyl (C=O) groups excluding carboxylic acids is 1. The average Bonchev–Trinajstić information content (AvgIpc) is 2.78. The molecule has 0 aliphatic carbocycles. The molecular weight excluding hydrogens is 476 g/mol. The van der Waals surface area contributed by atoms with E-state index in [2.05, 4.69) is 32.8 Å². The van der Waals surface area contributed by atoms with Crippen LogP contribution < -0.4 is 15.8 Å². The Morgan fingerprint density at radius 3 is 2.71 bits per heavy atom. The molecular formula is C24H25F2N5O3S. The van der Waals surface area contributed by atoms with Crippen molar-refractivity contribution in [2.75, 3.05) is 25.6 Å². The number of aromatic nitrogens is 2. The lowest BCUT2D eigenvalue weighted by Gasteiger charge is -2.43. The Labute approximate surface area is 206 Å². The number of hydrogen-bond acceptors (Lipinski definition) is 8. The van der Waals surface area contributed by atoms with Gasteiger partial charge in [-0.25, -0.2) is 23.7 Å². The zero-order chi connectivity index (χ0) is 26.0. The maximum atomic E-state index is 15.1. The van der Waals surface area contributed by atoms with E-state index in [-0.39, 0.29) is 46.9 Å². The second-order valence-electron chi connectivity index (χ2n) is 8.18. The van der Waals surface area contributed by atoms with Gasteiger partial charge in [0.2, 0.25) is 5.88 Å². The van der Waals surface area contributed by atoms with E-state index in [1.54, 1.807) is 13.8 Å². The van der Waals surface area contributed by atoms with Gasteiger partial charge in [0.15, 0.2) is 23.4 Å². The predicted octanol–water partition coefficient (Wildman–Crippen LogP) is 3.57. The Bertz CT molecular complexity index is 1260. The molecule has 3 N–H and O–H groups in total. The standard InChI is InChI=1S/C24H25F2N5O3S/c1-7-8-34-18-11-28-20(13(2)29-18)21(32)30-15-9-16(19(26)17(25)10-15)24(5)14(3)23(4,12-33-6)35-22(27)31-24/h1,9-11H,3,8,12H2,2,4-6H3,(H2,27,31)(H,30,32)/t23-,24+/m1/s1. The summed E-state index contributed by atoms with van der Waals surface area (Å²) in [5.41, 5.74) is 5.20. The number of terminal acetylenes is 1. The molecule has 0 bridgehead atoms. The molecule has 3 rings (SSSR count). The summed E-state index contributed by atoms with van der Waals surface area (Å²) in [5.74, 6) is -0.515. The number of nitrogens with one attached hydrogen (secondary N) is 1. The van der Waals surface area contributed by atoms with Crippen molar-refractivity contribution in [2.45, 2.75) is 31.1 Å². The highest BCUT2D eigenvalue weighted by molar-refractivity contribution is 8.15. The molecule has 1 aromatic heterocycles. The number of benzene rings is 1. The summed E-state index contributed by atoms with van der Waals surface area (Å²) in [5, 5.41) is 2.71. The van der Waals surface area contributed by atoms with Crippen LogP contribution in [0.1, 0.15) is 35.6 Å². The van der Waals surface area contributed by atoms with Crippen LogP contribution in [0.2, 0.25) is 0 Å². The van der Waals surface area contributed by atoms with Gasteiger partial charge in [-0.15, -0.1) is 6.42 Å². The third-order valence-corrected chi connectivity index (χ3v) is 6.68. The van der Waals surface area contributed by atoms with Gasteiger partial charge in [-0.3, -0.25) is 4.79 Å². The summed E-state index contributed by atoms with van der Waals surface area (Å²) in [7, 11) is 1.52. The number of aryl methyl sites for hydroxylation is 1. The Morgan fingerprint density at radius 1 is 1.37 bits per heavy atom. The van der Waals surface area contributed by atoms with E-state index < -0.39 is 27.8 Å². The first-order valence-electron chi connectivity index (χ1n) is 10.4. The Hall–Kier alpha value is -3.49. The van der Waals surface area contributed by atoms with Crippen LogP contribution in [0.3, 0.4) is 0 Å². The zero-order valence-electron chi connectivity index (χ0n) is 19.7. The highest BCUT2D eigenvalue weighted by atomic mass is 32.2. The summed E-state index contributed by atoms with van der Waals surface area (Å²) < 4.78 is 39.6. The van der Waals surface area contributed by atoms with Gasteiger partial charge in [-0.1, -0.05) is 24.3 Å². The highest BCUT2D eigenvalue weighted by Gasteiger charge is 2.47. The van der Waals surface area contributed by atoms with Crippen LogP contribution in [0.15, 0.2) is 35.5 Å². The lowest BCUT2D eigenvalue weighted by Crippen LogP contribution is -2.45. The van der Waals surface area contributed by atoms with Crippen LogP contribution in [-0.4, -0.2) is 46.1 Å². The summed E-state index contributed by atoms with van der Waals surface area (Å²) in [6.45, 7) is 9.32. The van der Waals surface area contributed by atoms with Gasteiger partial charge in [0, 0.05) is 24.4 Å². The average molecular weight is 502 g/mol. The molecule has 1 amide bonds. The first kappa shape index (κ1) is 26.1. The van der Waals surface area contributed by atoms with Crippen LogP contribution in [0, 0.1) is 30.9 Å². The second kappa shape index (κ2) is 10.0. The lowest BCUT2D eigenvalue weighted by molar-refractivity contribution is 0.102. The van der Waals surface area contributed by atoms with E-state index in [4.69, 9.17) is 21.6 Å². The summed E-state index contributed by atoms with van der Waals surface area (Å²) in [6, 6.07) is 2.17. The van der Waals surface area contributed by atoms with Crippen molar-refractivity contribution in [1.82, 2.24) is 9.97 Å². The first-order chi connectivity index (χ1) is 16.4. The summed E-state index contributed by atoms with van der Waals surface area (Å²) in [6.07, 6.45) is 6.40. The fraction of sp³-hybridized carbons (Fsp3) is 0.333. The van der Waals surface area contributed by atoms with Gasteiger partial charge in [-0.05, 0) is 32.4 Å². The number of nitrogens with two attached hydrogens (primary N) is 1. The van der Waals surface area contributed by atoms with Crippen molar-refractivity contribution in [2.24, 2.45) is 10.7 Å². The minimum atomic E-state index is -1.42. The Kier molecular flexibility index (Phi) is 7.47. The van der Waals surface area contributed by atoms with Crippen molar-refractivity contribution in [3.8, 4) is 18.2 Å². The van der Waals surface area contributed by atoms with E-state index in [1.807, 2.05) is 6.92 Å². The van der Waals surface area contributed by atoms with Gasteiger partial charge >= 0.3 is 0 Å². The smallest absolute Gasteiger partial charge is 0.276 e. The number of ether oxygens (including phenoxy) is 2. The highest BCUT2D eigenvalue weighted by Crippen LogP contribution is 2.49. The Morgan fingerprint density at radius 2 is 2.09 bits per heavy atom. The van der Waals surface area contributed by atoms with Crippen LogP contribution in [-0.2, 0) is 10.3 Å². The third kappa shape index (κ3) is 5.13. The van der Waals surface area contributed by atoms with Crippen LogP contribution in [0.5, 0.6) is 5.88 Å². The monoisotopic (exact) mass is 501 g/mol. The molecule has 0 radical (unpaired) electrons. The number of amidine groups is 1. The topological polar surface area (TPSA) is 112 Å². The molecule has 0 saturated heterocycles. The van der Waals surface area contributed by atoms with Gasteiger partial charge in [0.25, 0.3) is 5.91 Å². The Balaban J connectivity index is 1.98. The van der Waals surface area contributed by atoms with Crippen LogP contribution in [0.25, 0.3) is 0 Å². The molecule has 2 atom stereocenters. The van der Waals surface area contributed by atoms with Crippen molar-refractivity contribution in [1.29, 1.82) is 0 Å². The number of nitrogens with zero attached hydrogens (tertiary/aromatic N) is 3. The molecule has 0 unspecified atom stereocenters. The van der Waals surface area contributed by atoms with Crippen molar-refractivity contribution < 1.29 is 23.0 Å². The molecule has 2 aromatic rings. The normalized spacial score (nSPS) is 21.7. The minimum Gasteiger partial charge on any atom is -0.463 e. The molecule has 35 heavy (non-hydrogen) atoms. The van der Waals surface area contributed by atoms with Gasteiger partial charge in [0.1, 0.15) is 11.2 Å². The number of methoxy groups -OCH3 is 1. The molecule has 1 aliphatic rings. The third-order valence-electron chi connectivity index (χ3n) is 5.56. The van der Waals surface area contributed by atoms with Gasteiger partial charge in [-0.2, -0.15) is 0 Å². The maximum Gasteiger partial charge on any atom is 0.276 e. The number of aliphatic imine (C=N–C) groups is 1. The number of rotatable bonds is 7. The van der Waals surface area contributed by atoms with Crippen molar-refractivity contribution in [3.63, 3.8) is 0 Å². The van der Waals surface area contributed by atoms with Gasteiger partial charge < -0.3 is 20.5 Å². The van der Waals surface area contributed by atoms with E-state index in [0.717, 1.165) is 6.07 Å². The van der Waals surface area contributed by atoms with Crippen LogP contribution in [0.4, 0.5) is 14.5 Å². The fourth-order valence-electron chi connectivity index (χ4n) is 3.81. The SMILES string of the molecule is C#CCOc1cnc(C(=O)Nc2cc(F)c(F)c([C@@]3(C)N=C(N)S[C@](C)(COC)C3=C)c2)c(C)n1. The molecule has 2 heterocycles. The number of thioether (sulfide) groups is 1. The molecule has 11 heteroatoms. The number of anilines is 1. The summed E-state index contributed by atoms with van der Waals surface area (Å²) >= 11 is 1.23. The fourth-order valence-corrected chi connectivity index (χ4v) is 5.00. The maximum absolute atomic E-state index is 15.1. The molecule has 184 valence electrons. The van der Waals surface area contributed by atoms with Gasteiger partial charge in [0.05, 0.1) is 23.2 Å². The number of halogens is 2. The largest absolute Gasteiger partial charge is 0.463 e. The molecule has 0 spiro atoms. The molecule has 1 aliphatic heterocycles. The van der Waals surface area contributed by atoms with Crippen LogP contribution >= 0.6 is 11.8 Å². The first-order valence-corrected chi connectivity index (χ1v) is 11.2. The predicted molar refractivity (Wildman–Crippen MR) is 131 cm³/mol. The number of carbonyl (C=O) groups is 1. The molecule has 1 aromatic carbocycles. The lowest BCUT2D eigenvalue weighted by atomic mass is 9.78. The van der Waals surface area contributed by atoms with Crippen molar-refractivity contribution >= 4 is 28.5 Å². The number of amides is 1. The minimum absolute atomic E-state index is 0.00369. The zero-order valence-corrected chi connectivity index (χ0v) is 20.6. The van der Waals surface area contributed by atoms with E-state index in [0.29, 0.717) is 5.57 Å². The second-order valence-corrected chi connectivity index (χ2v) is 9.70. The number of hydrogen-bond donors (Lipinski definition) is 2. The molecule has 8 nitrogen and oxygen atoms in total. The summed E-state index contributed by atoms with van der Waals surface area (Å²) in [4.78, 5) is 25.4. The van der Waals surface area contributed by atoms with E-state index in [9.17, 15) is 9.18 Å². The van der Waals surface area contributed by atoms with E-state index >= 15 is 4.39 Å².